The van der Waals surface area contributed by atoms with E-state index in [4.69, 9.17) is 11.5 Å². The van der Waals surface area contributed by atoms with Crippen molar-refractivity contribution in [3.8, 4) is 12.3 Å². The number of unbranched alkanes of at least 4 members (excludes halogenated alkanes) is 1. The second kappa shape index (κ2) is 7.64. The second-order valence-corrected chi connectivity index (χ2v) is 5.07. The Balaban J connectivity index is 2.66. The van der Waals surface area contributed by atoms with Crippen molar-refractivity contribution in [3.63, 3.8) is 0 Å². The zero-order valence-corrected chi connectivity index (χ0v) is 11.9. The standard InChI is InChI=1S/C14H20N2O5/c1-3-4-5-6-11(14(20)21)15-13(19)12-7-10(18)8-16(12)9(2)17/h1,10-12,18H,4-8H2,2H3,(H,15,19)(H,20,21)/t10-,11-,12+/m1/s1. The van der Waals surface area contributed by atoms with E-state index in [9.17, 15) is 19.5 Å². The Morgan fingerprint density at radius 1 is 1.48 bits per heavy atom. The maximum absolute atomic E-state index is 12.1. The van der Waals surface area contributed by atoms with E-state index in [1.54, 1.807) is 0 Å². The molecule has 0 aromatic rings. The first kappa shape index (κ1) is 17.0. The molecule has 0 aromatic heterocycles. The van der Waals surface area contributed by atoms with Gasteiger partial charge in [-0.05, 0) is 12.8 Å². The maximum atomic E-state index is 12.1. The van der Waals surface area contributed by atoms with Crippen LogP contribution >= 0.6 is 0 Å². The number of amides is 2. The Kier molecular flexibility index (Phi) is 6.18. The molecule has 116 valence electrons. The van der Waals surface area contributed by atoms with E-state index in [1.165, 1.54) is 11.8 Å². The zero-order chi connectivity index (χ0) is 16.0. The molecular formula is C14H20N2O5. The number of aliphatic hydroxyl groups is 1. The molecule has 1 aliphatic heterocycles. The second-order valence-electron chi connectivity index (χ2n) is 5.07. The molecule has 3 N–H and O–H groups in total. The first-order valence-corrected chi connectivity index (χ1v) is 6.78. The molecule has 0 aromatic carbocycles. The lowest BCUT2D eigenvalue weighted by Gasteiger charge is -2.24. The largest absolute Gasteiger partial charge is 0.480 e. The summed E-state index contributed by atoms with van der Waals surface area (Å²) in [7, 11) is 0. The topological polar surface area (TPSA) is 107 Å². The summed E-state index contributed by atoms with van der Waals surface area (Å²) >= 11 is 0. The molecule has 21 heavy (non-hydrogen) atoms. The molecular weight excluding hydrogens is 276 g/mol. The number of nitrogens with one attached hydrogen (secondary N) is 1. The third-order valence-corrected chi connectivity index (χ3v) is 3.41. The summed E-state index contributed by atoms with van der Waals surface area (Å²) in [6.45, 7) is 1.39. The number of likely N-dealkylation sites (tertiary alicyclic amines) is 1. The number of carbonyl (C=O) groups is 3. The molecule has 0 aliphatic carbocycles. The number of hydrogen-bond donors (Lipinski definition) is 3. The summed E-state index contributed by atoms with van der Waals surface area (Å²) in [5.41, 5.74) is 0. The fraction of sp³-hybridized carbons (Fsp3) is 0.643. The number of aliphatic hydroxyl groups excluding tert-OH is 1. The van der Waals surface area contributed by atoms with Crippen LogP contribution < -0.4 is 5.32 Å². The van der Waals surface area contributed by atoms with Gasteiger partial charge < -0.3 is 20.4 Å². The molecule has 3 atom stereocenters. The summed E-state index contributed by atoms with van der Waals surface area (Å²) in [6, 6.07) is -1.87. The number of carboxylic acids is 1. The van der Waals surface area contributed by atoms with Gasteiger partial charge in [-0.3, -0.25) is 9.59 Å². The van der Waals surface area contributed by atoms with Crippen LogP contribution in [0.2, 0.25) is 0 Å². The molecule has 0 bridgehead atoms. The van der Waals surface area contributed by atoms with Crippen LogP contribution in [-0.2, 0) is 14.4 Å². The number of hydrogen-bond acceptors (Lipinski definition) is 4. The quantitative estimate of drug-likeness (QED) is 0.445. The van der Waals surface area contributed by atoms with Crippen LogP contribution in [0.5, 0.6) is 0 Å². The van der Waals surface area contributed by atoms with Gasteiger partial charge in [0.25, 0.3) is 0 Å². The summed E-state index contributed by atoms with van der Waals surface area (Å²) < 4.78 is 0. The highest BCUT2D eigenvalue weighted by Crippen LogP contribution is 2.18. The first-order valence-electron chi connectivity index (χ1n) is 6.78. The van der Waals surface area contributed by atoms with E-state index in [2.05, 4.69) is 11.2 Å². The lowest BCUT2D eigenvalue weighted by Crippen LogP contribution is -2.50. The number of β-amino-alcohol motifs (C(OH)–C–C–N with tert-alkyl or cyclic N) is 1. The molecule has 0 unspecified atom stereocenters. The Morgan fingerprint density at radius 3 is 2.67 bits per heavy atom. The van der Waals surface area contributed by atoms with Gasteiger partial charge in [0.2, 0.25) is 11.8 Å². The van der Waals surface area contributed by atoms with Crippen LogP contribution in [-0.4, -0.2) is 57.6 Å². The third kappa shape index (κ3) is 4.76. The van der Waals surface area contributed by atoms with Gasteiger partial charge in [-0.1, -0.05) is 0 Å². The van der Waals surface area contributed by atoms with Crippen molar-refractivity contribution in [3.05, 3.63) is 0 Å². The molecule has 1 aliphatic rings. The molecule has 1 rings (SSSR count). The average molecular weight is 296 g/mol. The SMILES string of the molecule is C#CCCC[C@@H](NC(=O)[C@@H]1C[C@@H](O)CN1C(C)=O)C(=O)O. The predicted octanol–water partition coefficient (Wildman–Crippen LogP) is -0.659. The van der Waals surface area contributed by atoms with Crippen molar-refractivity contribution in [2.45, 2.75) is 50.8 Å². The minimum atomic E-state index is -1.15. The van der Waals surface area contributed by atoms with E-state index < -0.39 is 30.1 Å². The summed E-state index contributed by atoms with van der Waals surface area (Å²) in [6.07, 6.45) is 5.58. The maximum Gasteiger partial charge on any atom is 0.326 e. The van der Waals surface area contributed by atoms with Crippen LogP contribution in [0.3, 0.4) is 0 Å². The molecule has 1 fully saturated rings. The Hall–Kier alpha value is -2.07. The Bertz CT molecular complexity index is 457. The third-order valence-electron chi connectivity index (χ3n) is 3.41. The van der Waals surface area contributed by atoms with Crippen LogP contribution in [0.4, 0.5) is 0 Å². The van der Waals surface area contributed by atoms with Crippen molar-refractivity contribution in [2.24, 2.45) is 0 Å². The van der Waals surface area contributed by atoms with Gasteiger partial charge in [-0.2, -0.15) is 0 Å². The van der Waals surface area contributed by atoms with E-state index >= 15 is 0 Å². The van der Waals surface area contributed by atoms with Gasteiger partial charge >= 0.3 is 5.97 Å². The molecule has 7 heteroatoms. The fourth-order valence-electron chi connectivity index (χ4n) is 2.34. The summed E-state index contributed by atoms with van der Waals surface area (Å²) in [5, 5.41) is 21.1. The van der Waals surface area contributed by atoms with Gasteiger partial charge in [0.1, 0.15) is 12.1 Å². The van der Waals surface area contributed by atoms with Gasteiger partial charge in [0.05, 0.1) is 6.10 Å². The Morgan fingerprint density at radius 2 is 2.14 bits per heavy atom. The van der Waals surface area contributed by atoms with Crippen molar-refractivity contribution in [1.82, 2.24) is 10.2 Å². The van der Waals surface area contributed by atoms with E-state index in [0.717, 1.165) is 0 Å². The summed E-state index contributed by atoms with van der Waals surface area (Å²) in [5.74, 6) is 0.373. The summed E-state index contributed by atoms with van der Waals surface area (Å²) in [4.78, 5) is 35.9. The normalized spacial score (nSPS) is 22.4. The predicted molar refractivity (Wildman–Crippen MR) is 74.0 cm³/mol. The fourth-order valence-corrected chi connectivity index (χ4v) is 2.34. The van der Waals surface area contributed by atoms with Crippen LogP contribution in [0.1, 0.15) is 32.6 Å². The molecule has 1 saturated heterocycles. The monoisotopic (exact) mass is 296 g/mol. The lowest BCUT2D eigenvalue weighted by molar-refractivity contribution is -0.143. The van der Waals surface area contributed by atoms with Crippen molar-refractivity contribution in [2.75, 3.05) is 6.54 Å². The number of nitrogens with zero attached hydrogens (tertiary/aromatic N) is 1. The number of rotatable bonds is 6. The van der Waals surface area contributed by atoms with Gasteiger partial charge in [0.15, 0.2) is 0 Å². The van der Waals surface area contributed by atoms with Gasteiger partial charge in [-0.15, -0.1) is 12.3 Å². The minimum absolute atomic E-state index is 0.0856. The van der Waals surface area contributed by atoms with Crippen molar-refractivity contribution in [1.29, 1.82) is 0 Å². The highest BCUT2D eigenvalue weighted by atomic mass is 16.4. The van der Waals surface area contributed by atoms with E-state index in [1.807, 2.05) is 0 Å². The number of carbonyl (C=O) groups excluding carboxylic acids is 2. The van der Waals surface area contributed by atoms with Crippen molar-refractivity contribution < 1.29 is 24.6 Å². The van der Waals surface area contributed by atoms with Gasteiger partial charge in [0, 0.05) is 26.3 Å². The zero-order valence-electron chi connectivity index (χ0n) is 11.9. The van der Waals surface area contributed by atoms with Crippen LogP contribution in [0.15, 0.2) is 0 Å². The van der Waals surface area contributed by atoms with E-state index in [-0.39, 0.29) is 25.3 Å². The molecule has 2 amide bonds. The molecule has 7 nitrogen and oxygen atoms in total. The number of aliphatic carboxylic acids is 1. The number of terminal acetylenes is 1. The highest BCUT2D eigenvalue weighted by Gasteiger charge is 2.38. The highest BCUT2D eigenvalue weighted by molar-refractivity contribution is 5.90. The van der Waals surface area contributed by atoms with Crippen LogP contribution in [0, 0.1) is 12.3 Å². The van der Waals surface area contributed by atoms with Crippen LogP contribution in [0.25, 0.3) is 0 Å². The average Bonchev–Trinajstić information content (AvgIpc) is 2.80. The molecule has 0 radical (unpaired) electrons. The minimum Gasteiger partial charge on any atom is -0.480 e. The Labute approximate surface area is 123 Å². The first-order chi connectivity index (χ1) is 9.86. The van der Waals surface area contributed by atoms with Gasteiger partial charge in [-0.25, -0.2) is 4.79 Å². The molecule has 0 saturated carbocycles. The van der Waals surface area contributed by atoms with Crippen molar-refractivity contribution >= 4 is 17.8 Å². The lowest BCUT2D eigenvalue weighted by atomic mass is 10.1. The number of carboxylic acid groups (broad SMARTS) is 1. The molecule has 1 heterocycles. The van der Waals surface area contributed by atoms with E-state index in [0.29, 0.717) is 12.8 Å². The molecule has 0 spiro atoms. The smallest absolute Gasteiger partial charge is 0.326 e.